The predicted molar refractivity (Wildman–Crippen MR) is 126 cm³/mol. The van der Waals surface area contributed by atoms with E-state index in [1.54, 1.807) is 23.5 Å². The van der Waals surface area contributed by atoms with Crippen LogP contribution in [0.15, 0.2) is 117 Å². The fourth-order valence-electron chi connectivity index (χ4n) is 2.93. The lowest BCUT2D eigenvalue weighted by atomic mass is 10.1. The molecule has 0 aliphatic rings. The number of nitrogen functional groups attached to an aromatic ring is 2. The quantitative estimate of drug-likeness (QED) is 0.343. The lowest BCUT2D eigenvalue weighted by Gasteiger charge is -2.07. The number of nitrogens with two attached hydrogens (primary N) is 2. The second-order valence-corrected chi connectivity index (χ2v) is 9.10. The fourth-order valence-corrected chi connectivity index (χ4v) is 4.56. The van der Waals surface area contributed by atoms with Crippen LogP contribution in [-0.2, 0) is 6.42 Å². The maximum Gasteiger partial charge on any atom is 0.0314 e. The van der Waals surface area contributed by atoms with Crippen LogP contribution in [0.1, 0.15) is 11.1 Å². The van der Waals surface area contributed by atoms with Gasteiger partial charge in [-0.25, -0.2) is 0 Å². The molecule has 4 aromatic rings. The first kappa shape index (κ1) is 19.5. The largest absolute Gasteiger partial charge is 0.399 e. The summed E-state index contributed by atoms with van der Waals surface area (Å²) in [6, 6.07) is 33.5. The monoisotopic (exact) mass is 414 g/mol. The molecule has 0 radical (unpaired) electrons. The number of hydrogen-bond donors (Lipinski definition) is 2. The Morgan fingerprint density at radius 1 is 0.414 bits per heavy atom. The zero-order valence-corrected chi connectivity index (χ0v) is 17.5. The van der Waals surface area contributed by atoms with E-state index in [2.05, 4.69) is 72.8 Å². The zero-order valence-electron chi connectivity index (χ0n) is 15.9. The first-order chi connectivity index (χ1) is 14.1. The van der Waals surface area contributed by atoms with Gasteiger partial charge in [0, 0.05) is 31.0 Å². The molecule has 0 fully saturated rings. The van der Waals surface area contributed by atoms with E-state index in [-0.39, 0.29) is 0 Å². The van der Waals surface area contributed by atoms with Gasteiger partial charge in [-0.3, -0.25) is 0 Å². The van der Waals surface area contributed by atoms with Gasteiger partial charge in [-0.05, 0) is 90.3 Å². The Morgan fingerprint density at radius 3 is 1.00 bits per heavy atom. The first-order valence-corrected chi connectivity index (χ1v) is 11.0. The lowest BCUT2D eigenvalue weighted by molar-refractivity contribution is 1.17. The van der Waals surface area contributed by atoms with Crippen molar-refractivity contribution in [3.05, 3.63) is 108 Å². The highest BCUT2D eigenvalue weighted by molar-refractivity contribution is 7.99. The highest BCUT2D eigenvalue weighted by Gasteiger charge is 2.02. The van der Waals surface area contributed by atoms with Crippen LogP contribution in [-0.4, -0.2) is 0 Å². The maximum absolute atomic E-state index is 5.75. The van der Waals surface area contributed by atoms with E-state index in [1.165, 1.54) is 30.7 Å². The second kappa shape index (κ2) is 9.12. The molecule has 0 saturated heterocycles. The molecule has 0 unspecified atom stereocenters. The third kappa shape index (κ3) is 5.59. The molecule has 4 heteroatoms. The van der Waals surface area contributed by atoms with Crippen LogP contribution in [0.25, 0.3) is 0 Å². The highest BCUT2D eigenvalue weighted by Crippen LogP contribution is 2.30. The van der Waals surface area contributed by atoms with Crippen molar-refractivity contribution < 1.29 is 0 Å². The van der Waals surface area contributed by atoms with Gasteiger partial charge in [0.15, 0.2) is 0 Å². The Labute approximate surface area is 180 Å². The third-order valence-electron chi connectivity index (χ3n) is 4.49. The Hall–Kier alpha value is -2.82. The van der Waals surface area contributed by atoms with Crippen LogP contribution in [0.3, 0.4) is 0 Å². The van der Waals surface area contributed by atoms with Gasteiger partial charge in [-0.15, -0.1) is 0 Å². The first-order valence-electron chi connectivity index (χ1n) is 9.39. The maximum atomic E-state index is 5.75. The van der Waals surface area contributed by atoms with Crippen LogP contribution in [0, 0.1) is 0 Å². The molecule has 0 bridgehead atoms. The van der Waals surface area contributed by atoms with Gasteiger partial charge >= 0.3 is 0 Å². The zero-order chi connectivity index (χ0) is 20.1. The molecular formula is C25H22N2S2. The topological polar surface area (TPSA) is 52.0 Å². The normalized spacial score (nSPS) is 10.8. The van der Waals surface area contributed by atoms with Crippen LogP contribution in [0.2, 0.25) is 0 Å². The van der Waals surface area contributed by atoms with E-state index in [0.717, 1.165) is 17.8 Å². The molecule has 29 heavy (non-hydrogen) atoms. The van der Waals surface area contributed by atoms with Gasteiger partial charge < -0.3 is 11.5 Å². The van der Waals surface area contributed by atoms with Crippen LogP contribution in [0.5, 0.6) is 0 Å². The molecule has 2 nitrogen and oxygen atoms in total. The van der Waals surface area contributed by atoms with E-state index in [4.69, 9.17) is 11.5 Å². The Kier molecular flexibility index (Phi) is 6.13. The summed E-state index contributed by atoms with van der Waals surface area (Å²) in [4.78, 5) is 4.85. The molecule has 0 aromatic heterocycles. The van der Waals surface area contributed by atoms with Gasteiger partial charge in [0.2, 0.25) is 0 Å². The number of benzene rings is 4. The van der Waals surface area contributed by atoms with E-state index < -0.39 is 0 Å². The summed E-state index contributed by atoms with van der Waals surface area (Å²) in [5.74, 6) is 0. The molecule has 4 N–H and O–H groups in total. The average molecular weight is 415 g/mol. The highest BCUT2D eigenvalue weighted by atomic mass is 32.2. The summed E-state index contributed by atoms with van der Waals surface area (Å²) < 4.78 is 0. The Morgan fingerprint density at radius 2 is 0.690 bits per heavy atom. The number of rotatable bonds is 6. The van der Waals surface area contributed by atoms with Gasteiger partial charge in [0.25, 0.3) is 0 Å². The molecule has 0 atom stereocenters. The van der Waals surface area contributed by atoms with Crippen molar-refractivity contribution in [1.29, 1.82) is 0 Å². The van der Waals surface area contributed by atoms with Gasteiger partial charge in [0.05, 0.1) is 0 Å². The summed E-state index contributed by atoms with van der Waals surface area (Å²) in [5, 5.41) is 0. The van der Waals surface area contributed by atoms with Crippen LogP contribution in [0.4, 0.5) is 11.4 Å². The van der Waals surface area contributed by atoms with Crippen LogP contribution >= 0.6 is 23.5 Å². The smallest absolute Gasteiger partial charge is 0.0314 e. The minimum absolute atomic E-state index is 0.794. The van der Waals surface area contributed by atoms with Crippen molar-refractivity contribution in [2.24, 2.45) is 0 Å². The Balaban J connectivity index is 1.36. The Bertz CT molecular complexity index is 967. The molecule has 0 amide bonds. The molecule has 0 saturated carbocycles. The van der Waals surface area contributed by atoms with Crippen molar-refractivity contribution in [1.82, 2.24) is 0 Å². The van der Waals surface area contributed by atoms with Gasteiger partial charge in [-0.1, -0.05) is 47.8 Å². The average Bonchev–Trinajstić information content (AvgIpc) is 2.74. The molecule has 144 valence electrons. The molecule has 0 spiro atoms. The van der Waals surface area contributed by atoms with Crippen molar-refractivity contribution in [3.63, 3.8) is 0 Å². The molecule has 0 heterocycles. The number of anilines is 2. The van der Waals surface area contributed by atoms with E-state index in [0.29, 0.717) is 0 Å². The van der Waals surface area contributed by atoms with Crippen molar-refractivity contribution in [2.75, 3.05) is 11.5 Å². The summed E-state index contributed by atoms with van der Waals surface area (Å²) in [6.07, 6.45) is 0.930. The summed E-state index contributed by atoms with van der Waals surface area (Å²) in [6.45, 7) is 0. The van der Waals surface area contributed by atoms with Crippen molar-refractivity contribution >= 4 is 34.9 Å². The lowest BCUT2D eigenvalue weighted by Crippen LogP contribution is -1.88. The van der Waals surface area contributed by atoms with E-state index in [1.807, 2.05) is 24.3 Å². The fraction of sp³-hybridized carbons (Fsp3) is 0.0400. The molecule has 0 aliphatic carbocycles. The summed E-state index contributed by atoms with van der Waals surface area (Å²) >= 11 is 3.50. The van der Waals surface area contributed by atoms with Gasteiger partial charge in [-0.2, -0.15) is 0 Å². The predicted octanol–water partition coefficient (Wildman–Crippen LogP) is 6.74. The van der Waals surface area contributed by atoms with E-state index in [9.17, 15) is 0 Å². The minimum atomic E-state index is 0.794. The van der Waals surface area contributed by atoms with Crippen LogP contribution < -0.4 is 11.5 Å². The van der Waals surface area contributed by atoms with Crippen molar-refractivity contribution in [3.8, 4) is 0 Å². The summed E-state index contributed by atoms with van der Waals surface area (Å²) in [5.41, 5.74) is 15.7. The standard InChI is InChI=1S/C25H22N2S2/c26-20-5-13-24(14-6-20)28-22-9-1-18(2-10-22)17-19-3-11-23(12-4-19)29-25-15-7-21(27)8-16-25/h1-16H,17,26-27H2. The van der Waals surface area contributed by atoms with Crippen molar-refractivity contribution in [2.45, 2.75) is 26.0 Å². The third-order valence-corrected chi connectivity index (χ3v) is 6.52. The van der Waals surface area contributed by atoms with E-state index >= 15 is 0 Å². The SMILES string of the molecule is Nc1ccc(Sc2ccc(Cc3ccc(Sc4ccc(N)cc4)cc3)cc2)cc1. The summed E-state index contributed by atoms with van der Waals surface area (Å²) in [7, 11) is 0. The second-order valence-electron chi connectivity index (χ2n) is 6.81. The number of hydrogen-bond acceptors (Lipinski definition) is 4. The minimum Gasteiger partial charge on any atom is -0.399 e. The van der Waals surface area contributed by atoms with Gasteiger partial charge in [0.1, 0.15) is 0 Å². The molecule has 4 rings (SSSR count). The molecule has 0 aliphatic heterocycles. The molecule has 4 aromatic carbocycles. The molecular weight excluding hydrogens is 392 g/mol.